The molecule has 0 spiro atoms. The zero-order valence-electron chi connectivity index (χ0n) is 16.9. The fourth-order valence-corrected chi connectivity index (χ4v) is 2.18. The van der Waals surface area contributed by atoms with Gasteiger partial charge < -0.3 is 16.0 Å². The van der Waals surface area contributed by atoms with Crippen molar-refractivity contribution in [2.24, 2.45) is 0 Å². The molecule has 2 amide bonds. The standard InChI is InChI=1S/C15H13N5O.C3H7NO.C3H6/c1-9-2-3-17-6-11(9)13-4-10-5-14(19-8-21)18-7-12(10)15(16)20-13;1-4(2)3-5;1-2-3-1/h2-8H,1H3,(H2,16,20)(H,18,19,21);3H,1-2H3;1-3H2. The van der Waals surface area contributed by atoms with Gasteiger partial charge in [-0.05, 0) is 36.1 Å². The molecule has 152 valence electrons. The van der Waals surface area contributed by atoms with Gasteiger partial charge in [0.15, 0.2) is 0 Å². The predicted octanol–water partition coefficient (Wildman–Crippen LogP) is 3.03. The van der Waals surface area contributed by atoms with Crippen molar-refractivity contribution in [2.75, 3.05) is 25.1 Å². The number of aryl methyl sites for hydroxylation is 1. The molecule has 1 aliphatic rings. The number of hydrogen-bond donors (Lipinski definition) is 2. The molecule has 0 radical (unpaired) electrons. The van der Waals surface area contributed by atoms with Crippen LogP contribution in [0.3, 0.4) is 0 Å². The number of aromatic nitrogens is 3. The zero-order chi connectivity index (χ0) is 21.2. The van der Waals surface area contributed by atoms with Crippen LogP contribution >= 0.6 is 0 Å². The van der Waals surface area contributed by atoms with E-state index in [1.165, 1.54) is 24.2 Å². The summed E-state index contributed by atoms with van der Waals surface area (Å²) in [6.07, 6.45) is 10.9. The molecule has 0 atom stereocenters. The number of anilines is 2. The van der Waals surface area contributed by atoms with Gasteiger partial charge in [-0.1, -0.05) is 19.3 Å². The van der Waals surface area contributed by atoms with E-state index in [1.807, 2.05) is 19.1 Å². The van der Waals surface area contributed by atoms with E-state index in [-0.39, 0.29) is 0 Å². The smallest absolute Gasteiger partial charge is 0.212 e. The Morgan fingerprint density at radius 3 is 2.38 bits per heavy atom. The molecular weight excluding hydrogens is 368 g/mol. The van der Waals surface area contributed by atoms with Gasteiger partial charge in [0.1, 0.15) is 11.6 Å². The Hall–Kier alpha value is -3.55. The number of rotatable bonds is 4. The van der Waals surface area contributed by atoms with E-state index in [0.717, 1.165) is 34.0 Å². The summed E-state index contributed by atoms with van der Waals surface area (Å²) in [6.45, 7) is 1.99. The first-order valence-corrected chi connectivity index (χ1v) is 9.25. The lowest BCUT2D eigenvalue weighted by molar-refractivity contribution is -0.115. The summed E-state index contributed by atoms with van der Waals surface area (Å²) in [5.74, 6) is 0.868. The Bertz CT molecular complexity index is 970. The summed E-state index contributed by atoms with van der Waals surface area (Å²) < 4.78 is 0. The zero-order valence-corrected chi connectivity index (χ0v) is 16.9. The molecule has 0 aliphatic heterocycles. The molecule has 4 rings (SSSR count). The Morgan fingerprint density at radius 2 is 1.83 bits per heavy atom. The SMILES string of the molecule is C1CC1.CN(C)C=O.Cc1ccncc1-c1cc2cc(NC=O)ncc2c(N)n1. The quantitative estimate of drug-likeness (QED) is 0.658. The van der Waals surface area contributed by atoms with Crippen molar-refractivity contribution in [3.63, 3.8) is 0 Å². The summed E-state index contributed by atoms with van der Waals surface area (Å²) in [6, 6.07) is 5.59. The van der Waals surface area contributed by atoms with Crippen LogP contribution in [-0.2, 0) is 9.59 Å². The number of nitrogens with two attached hydrogens (primary N) is 1. The highest BCUT2D eigenvalue weighted by molar-refractivity contribution is 5.95. The Kier molecular flexibility index (Phi) is 8.02. The van der Waals surface area contributed by atoms with Gasteiger partial charge in [0.05, 0.1) is 5.69 Å². The van der Waals surface area contributed by atoms with E-state index in [2.05, 4.69) is 20.3 Å². The molecule has 8 nitrogen and oxygen atoms in total. The van der Waals surface area contributed by atoms with Crippen molar-refractivity contribution in [3.8, 4) is 11.3 Å². The lowest BCUT2D eigenvalue weighted by Gasteiger charge is -2.09. The fourth-order valence-electron chi connectivity index (χ4n) is 2.18. The average molecular weight is 394 g/mol. The second kappa shape index (κ2) is 10.7. The first-order valence-electron chi connectivity index (χ1n) is 9.25. The number of nitrogens with zero attached hydrogens (tertiary/aromatic N) is 4. The molecule has 1 saturated carbocycles. The van der Waals surface area contributed by atoms with Crippen LogP contribution in [0.15, 0.2) is 36.8 Å². The molecular formula is C21H26N6O2. The van der Waals surface area contributed by atoms with E-state index in [9.17, 15) is 9.59 Å². The molecule has 0 aromatic carbocycles. The first-order chi connectivity index (χ1) is 14.0. The highest BCUT2D eigenvalue weighted by Crippen LogP contribution is 2.28. The largest absolute Gasteiger partial charge is 0.383 e. The molecule has 0 bridgehead atoms. The minimum absolute atomic E-state index is 0.399. The van der Waals surface area contributed by atoms with Crippen LogP contribution in [0.5, 0.6) is 0 Å². The van der Waals surface area contributed by atoms with E-state index in [4.69, 9.17) is 5.73 Å². The number of fused-ring (bicyclic) bond motifs is 1. The van der Waals surface area contributed by atoms with Crippen molar-refractivity contribution >= 4 is 35.2 Å². The maximum atomic E-state index is 10.5. The van der Waals surface area contributed by atoms with Gasteiger partial charge in [-0.15, -0.1) is 0 Å². The molecule has 8 heteroatoms. The highest BCUT2D eigenvalue weighted by Gasteiger charge is 2.09. The molecule has 29 heavy (non-hydrogen) atoms. The number of nitrogens with one attached hydrogen (secondary N) is 1. The van der Waals surface area contributed by atoms with Crippen LogP contribution in [0.1, 0.15) is 24.8 Å². The van der Waals surface area contributed by atoms with Crippen molar-refractivity contribution < 1.29 is 9.59 Å². The third-order valence-corrected chi connectivity index (χ3v) is 3.83. The lowest BCUT2D eigenvalue weighted by Crippen LogP contribution is -2.06. The maximum Gasteiger partial charge on any atom is 0.212 e. The number of nitrogen functional groups attached to an aromatic ring is 1. The number of pyridine rings is 3. The van der Waals surface area contributed by atoms with Gasteiger partial charge in [0.2, 0.25) is 12.8 Å². The van der Waals surface area contributed by atoms with Gasteiger partial charge in [-0.2, -0.15) is 0 Å². The summed E-state index contributed by atoms with van der Waals surface area (Å²) in [4.78, 5) is 34.0. The van der Waals surface area contributed by atoms with Crippen LogP contribution in [0.4, 0.5) is 11.6 Å². The summed E-state index contributed by atoms with van der Waals surface area (Å²) in [7, 11) is 3.38. The van der Waals surface area contributed by atoms with Crippen molar-refractivity contribution in [1.82, 2.24) is 19.9 Å². The fraction of sp³-hybridized carbons (Fsp3) is 0.286. The highest BCUT2D eigenvalue weighted by atomic mass is 16.1. The van der Waals surface area contributed by atoms with E-state index in [0.29, 0.717) is 18.0 Å². The van der Waals surface area contributed by atoms with Crippen LogP contribution in [0.2, 0.25) is 0 Å². The Balaban J connectivity index is 0.000000316. The van der Waals surface area contributed by atoms with Crippen molar-refractivity contribution in [1.29, 1.82) is 0 Å². The van der Waals surface area contributed by atoms with E-state index >= 15 is 0 Å². The monoisotopic (exact) mass is 394 g/mol. The summed E-state index contributed by atoms with van der Waals surface area (Å²) in [5, 5.41) is 4.13. The third-order valence-electron chi connectivity index (χ3n) is 3.83. The van der Waals surface area contributed by atoms with Crippen molar-refractivity contribution in [3.05, 3.63) is 42.4 Å². The topological polar surface area (TPSA) is 114 Å². The number of amides is 2. The predicted molar refractivity (Wildman–Crippen MR) is 115 cm³/mol. The molecule has 1 fully saturated rings. The third kappa shape index (κ3) is 6.84. The second-order valence-electron chi connectivity index (χ2n) is 6.77. The lowest BCUT2D eigenvalue weighted by atomic mass is 10.1. The molecule has 3 heterocycles. The average Bonchev–Trinajstić information content (AvgIpc) is 3.58. The normalized spacial score (nSPS) is 11.3. The number of carbonyl (C=O) groups is 2. The minimum atomic E-state index is 0.399. The van der Waals surface area contributed by atoms with Crippen LogP contribution in [-0.4, -0.2) is 46.8 Å². The van der Waals surface area contributed by atoms with Crippen LogP contribution in [0.25, 0.3) is 22.0 Å². The maximum absolute atomic E-state index is 10.5. The van der Waals surface area contributed by atoms with E-state index in [1.54, 1.807) is 38.8 Å². The molecule has 3 aromatic heterocycles. The molecule has 3 aromatic rings. The van der Waals surface area contributed by atoms with E-state index < -0.39 is 0 Å². The van der Waals surface area contributed by atoms with Gasteiger partial charge in [0, 0.05) is 43.6 Å². The minimum Gasteiger partial charge on any atom is -0.383 e. The first kappa shape index (κ1) is 21.7. The molecule has 0 saturated heterocycles. The van der Waals surface area contributed by atoms with Gasteiger partial charge in [-0.25, -0.2) is 9.97 Å². The van der Waals surface area contributed by atoms with Gasteiger partial charge in [0.25, 0.3) is 0 Å². The number of hydrogen-bond acceptors (Lipinski definition) is 6. The molecule has 3 N–H and O–H groups in total. The van der Waals surface area contributed by atoms with Gasteiger partial charge in [-0.3, -0.25) is 14.6 Å². The van der Waals surface area contributed by atoms with Crippen LogP contribution in [0, 0.1) is 6.92 Å². The number of carbonyl (C=O) groups excluding carboxylic acids is 2. The Labute approximate surface area is 170 Å². The van der Waals surface area contributed by atoms with Gasteiger partial charge >= 0.3 is 0 Å². The second-order valence-corrected chi connectivity index (χ2v) is 6.77. The van der Waals surface area contributed by atoms with Crippen molar-refractivity contribution in [2.45, 2.75) is 26.2 Å². The summed E-state index contributed by atoms with van der Waals surface area (Å²) >= 11 is 0. The Morgan fingerprint density at radius 1 is 1.14 bits per heavy atom. The van der Waals surface area contributed by atoms with Crippen LogP contribution < -0.4 is 11.1 Å². The molecule has 0 unspecified atom stereocenters. The summed E-state index contributed by atoms with van der Waals surface area (Å²) in [5.41, 5.74) is 8.74. The molecule has 1 aliphatic carbocycles.